The first-order valence-electron chi connectivity index (χ1n) is 9.04. The van der Waals surface area contributed by atoms with Crippen LogP contribution < -0.4 is 10.6 Å². The lowest BCUT2D eigenvalue weighted by Gasteiger charge is -2.23. The molecule has 3 rings (SSSR count). The smallest absolute Gasteiger partial charge is 0.254 e. The molecule has 0 aromatic heterocycles. The van der Waals surface area contributed by atoms with Crippen LogP contribution in [0.2, 0.25) is 0 Å². The van der Waals surface area contributed by atoms with Crippen molar-refractivity contribution < 1.29 is 9.59 Å². The van der Waals surface area contributed by atoms with Gasteiger partial charge in [0.25, 0.3) is 5.91 Å². The Labute approximate surface area is 166 Å². The predicted octanol–water partition coefficient (Wildman–Crippen LogP) is 3.01. The summed E-state index contributed by atoms with van der Waals surface area (Å²) in [6.45, 7) is 4.00. The van der Waals surface area contributed by atoms with Gasteiger partial charge in [-0.25, -0.2) is 0 Å². The Morgan fingerprint density at radius 1 is 1.15 bits per heavy atom. The average Bonchev–Trinajstić information content (AvgIpc) is 3.09. The third-order valence-electron chi connectivity index (χ3n) is 4.74. The molecular weight excluding hydrogens is 362 g/mol. The first-order chi connectivity index (χ1) is 12.6. The summed E-state index contributed by atoms with van der Waals surface area (Å²) in [7, 11) is 0. The quantitative estimate of drug-likeness (QED) is 0.828. The van der Waals surface area contributed by atoms with Crippen molar-refractivity contribution in [3.05, 3.63) is 65.2 Å². The number of nitrogens with zero attached hydrogens (tertiary/aromatic N) is 2. The minimum atomic E-state index is 0. The van der Waals surface area contributed by atoms with Gasteiger partial charge in [0.2, 0.25) is 5.91 Å². The Balaban J connectivity index is 0.00000261. The van der Waals surface area contributed by atoms with Crippen LogP contribution in [-0.2, 0) is 17.8 Å². The highest BCUT2D eigenvalue weighted by atomic mass is 35.5. The van der Waals surface area contributed by atoms with E-state index in [1.54, 1.807) is 11.8 Å². The van der Waals surface area contributed by atoms with Gasteiger partial charge in [-0.2, -0.15) is 0 Å². The molecule has 1 aliphatic heterocycles. The monoisotopic (exact) mass is 387 g/mol. The number of benzene rings is 2. The summed E-state index contributed by atoms with van der Waals surface area (Å²) in [6.07, 6.45) is 1.55. The lowest BCUT2D eigenvalue weighted by Crippen LogP contribution is -2.32. The molecule has 0 radical (unpaired) electrons. The molecule has 6 heteroatoms. The predicted molar refractivity (Wildman–Crippen MR) is 110 cm³/mol. The van der Waals surface area contributed by atoms with Crippen molar-refractivity contribution in [3.8, 4) is 0 Å². The van der Waals surface area contributed by atoms with E-state index in [2.05, 4.69) is 0 Å². The molecule has 0 aliphatic carbocycles. The number of rotatable bonds is 6. The minimum absolute atomic E-state index is 0. The van der Waals surface area contributed by atoms with Crippen molar-refractivity contribution in [2.24, 2.45) is 5.73 Å². The fraction of sp³-hybridized carbons (Fsp3) is 0.333. The average molecular weight is 388 g/mol. The van der Waals surface area contributed by atoms with Crippen molar-refractivity contribution >= 4 is 29.9 Å². The van der Waals surface area contributed by atoms with Gasteiger partial charge in [-0.05, 0) is 48.7 Å². The minimum Gasteiger partial charge on any atom is -0.334 e. The largest absolute Gasteiger partial charge is 0.334 e. The molecule has 2 aromatic rings. The van der Waals surface area contributed by atoms with Crippen LogP contribution in [0.1, 0.15) is 34.8 Å². The van der Waals surface area contributed by atoms with Gasteiger partial charge in [-0.15, -0.1) is 12.4 Å². The summed E-state index contributed by atoms with van der Waals surface area (Å²) in [5.74, 6) is 0.0443. The second-order valence-corrected chi connectivity index (χ2v) is 6.62. The van der Waals surface area contributed by atoms with E-state index in [0.717, 1.165) is 29.7 Å². The summed E-state index contributed by atoms with van der Waals surface area (Å²) in [5.41, 5.74) is 9.40. The molecule has 1 heterocycles. The number of anilines is 1. The van der Waals surface area contributed by atoms with E-state index in [-0.39, 0.29) is 24.2 Å². The zero-order chi connectivity index (χ0) is 18.5. The van der Waals surface area contributed by atoms with Gasteiger partial charge in [0.15, 0.2) is 0 Å². The molecule has 0 fully saturated rings. The number of hydrogen-bond acceptors (Lipinski definition) is 3. The van der Waals surface area contributed by atoms with Crippen molar-refractivity contribution in [1.29, 1.82) is 0 Å². The molecule has 0 unspecified atom stereocenters. The van der Waals surface area contributed by atoms with E-state index in [1.807, 2.05) is 53.4 Å². The maximum absolute atomic E-state index is 13.1. The molecular formula is C21H26ClN3O2. The summed E-state index contributed by atoms with van der Waals surface area (Å²) in [4.78, 5) is 28.4. The highest BCUT2D eigenvalue weighted by Gasteiger charge is 2.24. The summed E-state index contributed by atoms with van der Waals surface area (Å²) in [5, 5.41) is 0. The van der Waals surface area contributed by atoms with Crippen LogP contribution >= 0.6 is 12.4 Å². The normalized spacial score (nSPS) is 12.3. The van der Waals surface area contributed by atoms with Gasteiger partial charge in [-0.1, -0.05) is 30.3 Å². The third-order valence-corrected chi connectivity index (χ3v) is 4.74. The van der Waals surface area contributed by atoms with Gasteiger partial charge < -0.3 is 15.5 Å². The van der Waals surface area contributed by atoms with E-state index in [9.17, 15) is 9.59 Å². The first-order valence-corrected chi connectivity index (χ1v) is 9.04. The van der Waals surface area contributed by atoms with E-state index in [1.165, 1.54) is 0 Å². The Morgan fingerprint density at radius 2 is 1.89 bits per heavy atom. The maximum Gasteiger partial charge on any atom is 0.254 e. The Hall–Kier alpha value is -2.37. The van der Waals surface area contributed by atoms with E-state index in [0.29, 0.717) is 31.7 Å². The van der Waals surface area contributed by atoms with Gasteiger partial charge in [-0.3, -0.25) is 9.59 Å². The topological polar surface area (TPSA) is 66.6 Å². The highest BCUT2D eigenvalue weighted by Crippen LogP contribution is 2.29. The van der Waals surface area contributed by atoms with Crippen LogP contribution in [0.5, 0.6) is 0 Å². The van der Waals surface area contributed by atoms with Gasteiger partial charge in [0, 0.05) is 37.8 Å². The van der Waals surface area contributed by atoms with E-state index >= 15 is 0 Å². The fourth-order valence-corrected chi connectivity index (χ4v) is 3.38. The lowest BCUT2D eigenvalue weighted by molar-refractivity contribution is -0.116. The molecule has 2 aromatic carbocycles. The van der Waals surface area contributed by atoms with Crippen LogP contribution in [-0.4, -0.2) is 36.3 Å². The zero-order valence-corrected chi connectivity index (χ0v) is 16.4. The molecule has 0 atom stereocenters. The number of hydrogen-bond donors (Lipinski definition) is 1. The third kappa shape index (κ3) is 4.87. The van der Waals surface area contributed by atoms with Crippen LogP contribution in [0.3, 0.4) is 0 Å². The number of halogens is 1. The number of nitrogens with two attached hydrogens (primary N) is 1. The molecule has 1 aliphatic rings. The van der Waals surface area contributed by atoms with E-state index in [4.69, 9.17) is 5.73 Å². The second-order valence-electron chi connectivity index (χ2n) is 6.62. The molecule has 5 nitrogen and oxygen atoms in total. The van der Waals surface area contributed by atoms with Crippen molar-refractivity contribution in [2.45, 2.75) is 26.3 Å². The van der Waals surface area contributed by atoms with Crippen molar-refractivity contribution in [2.75, 3.05) is 24.5 Å². The number of fused-ring (bicyclic) bond motifs is 1. The van der Waals surface area contributed by atoms with Crippen LogP contribution in [0.4, 0.5) is 5.69 Å². The van der Waals surface area contributed by atoms with Crippen LogP contribution in [0.15, 0.2) is 48.5 Å². The molecule has 0 saturated heterocycles. The summed E-state index contributed by atoms with van der Waals surface area (Å²) in [6, 6.07) is 15.6. The van der Waals surface area contributed by atoms with Gasteiger partial charge in [0.05, 0.1) is 0 Å². The van der Waals surface area contributed by atoms with E-state index < -0.39 is 0 Å². The van der Waals surface area contributed by atoms with Crippen LogP contribution in [0, 0.1) is 0 Å². The van der Waals surface area contributed by atoms with Gasteiger partial charge in [0.1, 0.15) is 0 Å². The van der Waals surface area contributed by atoms with Gasteiger partial charge >= 0.3 is 0 Å². The molecule has 0 bridgehead atoms. The van der Waals surface area contributed by atoms with Crippen molar-refractivity contribution in [3.63, 3.8) is 0 Å². The standard InChI is InChI=1S/C21H25N3O2.ClH/c1-16(25)24-13-10-18-14-19(8-9-20(18)24)21(26)23(12-5-11-22)15-17-6-3-2-4-7-17;/h2-4,6-9,14H,5,10-13,15,22H2,1H3;1H. The Morgan fingerprint density at radius 3 is 2.56 bits per heavy atom. The zero-order valence-electron chi connectivity index (χ0n) is 15.6. The first kappa shape index (κ1) is 20.9. The molecule has 144 valence electrons. The summed E-state index contributed by atoms with van der Waals surface area (Å²) < 4.78 is 0. The molecule has 0 spiro atoms. The molecule has 0 saturated carbocycles. The number of amides is 2. The van der Waals surface area contributed by atoms with Crippen LogP contribution in [0.25, 0.3) is 0 Å². The number of carbonyl (C=O) groups is 2. The molecule has 2 amide bonds. The maximum atomic E-state index is 13.1. The second kappa shape index (κ2) is 9.53. The van der Waals surface area contributed by atoms with Crippen molar-refractivity contribution in [1.82, 2.24) is 4.90 Å². The summed E-state index contributed by atoms with van der Waals surface area (Å²) >= 11 is 0. The Kier molecular flexibility index (Phi) is 7.39. The number of carbonyl (C=O) groups excluding carboxylic acids is 2. The molecule has 2 N–H and O–H groups in total. The molecule has 27 heavy (non-hydrogen) atoms. The fourth-order valence-electron chi connectivity index (χ4n) is 3.38. The lowest BCUT2D eigenvalue weighted by atomic mass is 10.1. The highest BCUT2D eigenvalue weighted by molar-refractivity contribution is 5.97. The Bertz CT molecular complexity index is 795. The SMILES string of the molecule is CC(=O)N1CCc2cc(C(=O)N(CCCN)Cc3ccccc3)ccc21.Cl.